The number of urea groups is 1. The second-order valence-corrected chi connectivity index (χ2v) is 8.65. The summed E-state index contributed by atoms with van der Waals surface area (Å²) in [5.74, 6) is 0.856. The highest BCUT2D eigenvalue weighted by atomic mass is 35.5. The van der Waals surface area contributed by atoms with Crippen molar-refractivity contribution in [3.05, 3.63) is 83.9 Å². The number of carbonyl (C=O) groups excluding carboxylic acids is 1. The second-order valence-electron chi connectivity index (χ2n) is 8.21. The molecule has 6 nitrogen and oxygen atoms in total. The molecule has 1 N–H and O–H groups in total. The molecule has 5 rings (SSSR count). The van der Waals surface area contributed by atoms with Crippen LogP contribution in [-0.2, 0) is 0 Å². The van der Waals surface area contributed by atoms with Crippen molar-refractivity contribution in [2.45, 2.75) is 13.0 Å². The van der Waals surface area contributed by atoms with Crippen LogP contribution in [0.15, 0.2) is 78.9 Å². The second kappa shape index (κ2) is 9.08. The lowest BCUT2D eigenvalue weighted by Crippen LogP contribution is -2.55. The molecule has 1 saturated heterocycles. The van der Waals surface area contributed by atoms with E-state index in [4.69, 9.17) is 11.6 Å². The van der Waals surface area contributed by atoms with Gasteiger partial charge in [-0.25, -0.2) is 4.79 Å². The van der Waals surface area contributed by atoms with Crippen LogP contribution in [0.25, 0.3) is 22.0 Å². The van der Waals surface area contributed by atoms with Crippen molar-refractivity contribution in [1.82, 2.24) is 15.1 Å². The van der Waals surface area contributed by atoms with Crippen LogP contribution in [0.5, 0.6) is 0 Å². The van der Waals surface area contributed by atoms with Crippen LogP contribution in [0.2, 0.25) is 5.02 Å². The lowest BCUT2D eigenvalue weighted by Gasteiger charge is -2.40. The average Bonchev–Trinajstić information content (AvgIpc) is 2.85. The van der Waals surface area contributed by atoms with Crippen LogP contribution < -0.4 is 10.2 Å². The Hall–Kier alpha value is -3.64. The maximum atomic E-state index is 12.9. The molecule has 0 radical (unpaired) electrons. The van der Waals surface area contributed by atoms with Crippen molar-refractivity contribution in [1.29, 1.82) is 0 Å². The summed E-state index contributed by atoms with van der Waals surface area (Å²) in [5.41, 5.74) is 2.65. The number of amides is 2. The smallest absolute Gasteiger partial charge is 0.322 e. The fourth-order valence-electron chi connectivity index (χ4n) is 4.31. The van der Waals surface area contributed by atoms with E-state index < -0.39 is 0 Å². The Morgan fingerprint density at radius 3 is 2.33 bits per heavy atom. The van der Waals surface area contributed by atoms with Crippen molar-refractivity contribution in [2.75, 3.05) is 29.9 Å². The number of fused-ring (bicyclic) bond motifs is 1. The molecule has 7 heteroatoms. The zero-order valence-corrected chi connectivity index (χ0v) is 19.0. The van der Waals surface area contributed by atoms with E-state index in [2.05, 4.69) is 51.6 Å². The van der Waals surface area contributed by atoms with Crippen LogP contribution in [0.1, 0.15) is 6.92 Å². The first-order valence-electron chi connectivity index (χ1n) is 11.0. The first-order chi connectivity index (χ1) is 16.1. The van der Waals surface area contributed by atoms with Gasteiger partial charge in [0.25, 0.3) is 0 Å². The number of aromatic nitrogens is 2. The Morgan fingerprint density at radius 2 is 1.61 bits per heavy atom. The molecule has 1 aliphatic heterocycles. The molecule has 4 aromatic rings. The minimum Gasteiger partial charge on any atom is -0.351 e. The van der Waals surface area contributed by atoms with Crippen molar-refractivity contribution in [2.24, 2.45) is 0 Å². The lowest BCUT2D eigenvalue weighted by atomic mass is 10.0. The zero-order valence-electron chi connectivity index (χ0n) is 18.3. The van der Waals surface area contributed by atoms with Gasteiger partial charge in [0.1, 0.15) is 5.69 Å². The van der Waals surface area contributed by atoms with Gasteiger partial charge >= 0.3 is 6.03 Å². The van der Waals surface area contributed by atoms with Gasteiger partial charge in [-0.3, -0.25) is 0 Å². The number of piperazine rings is 1. The quantitative estimate of drug-likeness (QED) is 0.429. The molecule has 0 spiro atoms. The van der Waals surface area contributed by atoms with E-state index in [9.17, 15) is 4.79 Å². The fourth-order valence-corrected chi connectivity index (χ4v) is 4.44. The van der Waals surface area contributed by atoms with Crippen LogP contribution in [0, 0.1) is 0 Å². The summed E-state index contributed by atoms with van der Waals surface area (Å²) < 4.78 is 0. The fraction of sp³-hybridized carbons (Fsp3) is 0.192. The molecular formula is C26H24ClN5O. The molecule has 33 heavy (non-hydrogen) atoms. The van der Waals surface area contributed by atoms with Crippen molar-refractivity contribution >= 4 is 39.9 Å². The van der Waals surface area contributed by atoms with Gasteiger partial charge in [-0.2, -0.15) is 0 Å². The number of nitrogens with one attached hydrogen (secondary N) is 1. The molecule has 1 unspecified atom stereocenters. The Morgan fingerprint density at radius 1 is 0.909 bits per heavy atom. The zero-order chi connectivity index (χ0) is 22.8. The summed E-state index contributed by atoms with van der Waals surface area (Å²) in [4.78, 5) is 16.9. The Labute approximate surface area is 197 Å². The van der Waals surface area contributed by atoms with Crippen LogP contribution in [-0.4, -0.2) is 46.8 Å². The maximum absolute atomic E-state index is 12.9. The van der Waals surface area contributed by atoms with E-state index in [0.717, 1.165) is 33.5 Å². The predicted molar refractivity (Wildman–Crippen MR) is 134 cm³/mol. The summed E-state index contributed by atoms with van der Waals surface area (Å²) in [7, 11) is 0. The van der Waals surface area contributed by atoms with Crippen LogP contribution >= 0.6 is 11.6 Å². The molecule has 1 atom stereocenters. The highest BCUT2D eigenvalue weighted by Crippen LogP contribution is 2.32. The number of hydrogen-bond acceptors (Lipinski definition) is 4. The van der Waals surface area contributed by atoms with Gasteiger partial charge in [0.15, 0.2) is 5.82 Å². The van der Waals surface area contributed by atoms with Gasteiger partial charge in [-0.05, 0) is 31.2 Å². The monoisotopic (exact) mass is 457 g/mol. The van der Waals surface area contributed by atoms with E-state index in [1.807, 2.05) is 35.2 Å². The summed E-state index contributed by atoms with van der Waals surface area (Å²) in [6.07, 6.45) is 0. The molecule has 1 aromatic heterocycles. The third kappa shape index (κ3) is 4.34. The number of carbonyl (C=O) groups is 1. The highest BCUT2D eigenvalue weighted by molar-refractivity contribution is 6.30. The van der Waals surface area contributed by atoms with Crippen LogP contribution in [0.3, 0.4) is 0 Å². The van der Waals surface area contributed by atoms with Gasteiger partial charge in [0, 0.05) is 52.7 Å². The third-order valence-electron chi connectivity index (χ3n) is 6.00. The number of benzene rings is 3. The summed E-state index contributed by atoms with van der Waals surface area (Å²) in [5, 5.41) is 15.0. The number of hydrogen-bond donors (Lipinski definition) is 1. The van der Waals surface area contributed by atoms with E-state index >= 15 is 0 Å². The number of halogens is 1. The molecule has 166 valence electrons. The summed E-state index contributed by atoms with van der Waals surface area (Å²) in [6, 6.07) is 25.4. The normalized spacial score (nSPS) is 16.1. The minimum absolute atomic E-state index is 0.0143. The van der Waals surface area contributed by atoms with Gasteiger partial charge in [-0.1, -0.05) is 66.2 Å². The molecule has 0 bridgehead atoms. The van der Waals surface area contributed by atoms with Crippen molar-refractivity contribution in [3.63, 3.8) is 0 Å². The SMILES string of the molecule is CC1CN(c2nnc(-c3ccccc3)c3ccccc23)CCN1C(=O)Nc1ccc(Cl)cc1. The van der Waals surface area contributed by atoms with Crippen LogP contribution in [0.4, 0.5) is 16.3 Å². The standard InChI is InChI=1S/C26H24ClN5O/c1-18-17-31(15-16-32(18)26(33)28-21-13-11-20(27)12-14-21)25-23-10-6-5-9-22(23)24(29-30-25)19-7-3-2-4-8-19/h2-14,18H,15-17H2,1H3,(H,28,33). The molecular weight excluding hydrogens is 434 g/mol. The number of anilines is 2. The molecule has 0 saturated carbocycles. The Bertz CT molecular complexity index is 1280. The summed E-state index contributed by atoms with van der Waals surface area (Å²) >= 11 is 5.94. The van der Waals surface area contributed by atoms with E-state index in [0.29, 0.717) is 24.7 Å². The van der Waals surface area contributed by atoms with Gasteiger partial charge in [0.2, 0.25) is 0 Å². The maximum Gasteiger partial charge on any atom is 0.322 e. The van der Waals surface area contributed by atoms with Gasteiger partial charge < -0.3 is 15.1 Å². The van der Waals surface area contributed by atoms with Crippen molar-refractivity contribution in [3.8, 4) is 11.3 Å². The third-order valence-corrected chi connectivity index (χ3v) is 6.25. The largest absolute Gasteiger partial charge is 0.351 e. The van der Waals surface area contributed by atoms with E-state index in [-0.39, 0.29) is 12.1 Å². The summed E-state index contributed by atoms with van der Waals surface area (Å²) in [6.45, 7) is 4.01. The van der Waals surface area contributed by atoms with Crippen molar-refractivity contribution < 1.29 is 4.79 Å². The molecule has 1 fully saturated rings. The molecule has 0 aliphatic carbocycles. The number of nitrogens with zero attached hydrogens (tertiary/aromatic N) is 4. The first-order valence-corrected chi connectivity index (χ1v) is 11.4. The minimum atomic E-state index is -0.111. The van der Waals surface area contributed by atoms with E-state index in [1.54, 1.807) is 24.3 Å². The highest BCUT2D eigenvalue weighted by Gasteiger charge is 2.29. The van der Waals surface area contributed by atoms with Gasteiger partial charge in [-0.15, -0.1) is 10.2 Å². The molecule has 2 heterocycles. The Balaban J connectivity index is 1.37. The van der Waals surface area contributed by atoms with E-state index in [1.165, 1.54) is 0 Å². The molecule has 3 aromatic carbocycles. The molecule has 2 amide bonds. The van der Waals surface area contributed by atoms with Gasteiger partial charge in [0.05, 0.1) is 0 Å². The topological polar surface area (TPSA) is 61.4 Å². The number of rotatable bonds is 3. The Kier molecular flexibility index (Phi) is 5.84. The lowest BCUT2D eigenvalue weighted by molar-refractivity contribution is 0.184. The average molecular weight is 458 g/mol. The first kappa shape index (κ1) is 21.2. The molecule has 1 aliphatic rings. The predicted octanol–water partition coefficient (Wildman–Crippen LogP) is 5.69.